The van der Waals surface area contributed by atoms with Crippen LogP contribution in [0.1, 0.15) is 78.6 Å². The van der Waals surface area contributed by atoms with Crippen LogP contribution in [0.2, 0.25) is 0 Å². The third-order valence-electron chi connectivity index (χ3n) is 8.36. The van der Waals surface area contributed by atoms with E-state index in [9.17, 15) is 5.11 Å². The summed E-state index contributed by atoms with van der Waals surface area (Å²) in [7, 11) is 0. The number of aliphatic hydroxyl groups is 1. The molecule has 0 spiro atoms. The first-order valence-electron chi connectivity index (χ1n) is 9.38. The second-order valence-corrected chi connectivity index (χ2v) is 9.03. The van der Waals surface area contributed by atoms with Gasteiger partial charge in [0.15, 0.2) is 0 Å². The summed E-state index contributed by atoms with van der Waals surface area (Å²) in [5.74, 6) is 2.19. The molecule has 2 fully saturated rings. The summed E-state index contributed by atoms with van der Waals surface area (Å²) in [4.78, 5) is 0. The second-order valence-electron chi connectivity index (χ2n) is 9.03. The maximum atomic E-state index is 10.3. The van der Waals surface area contributed by atoms with E-state index in [2.05, 4.69) is 20.8 Å². The minimum Gasteiger partial charge on any atom is -0.393 e. The molecule has 6 unspecified atom stereocenters. The monoisotopic (exact) mass is 288 g/mol. The topological polar surface area (TPSA) is 20.2 Å². The smallest absolute Gasteiger partial charge is 0.0569 e. The first-order chi connectivity index (χ1) is 9.97. The molecule has 4 aliphatic rings. The average molecular weight is 288 g/mol. The van der Waals surface area contributed by atoms with Crippen LogP contribution < -0.4 is 0 Å². The van der Waals surface area contributed by atoms with Crippen molar-refractivity contribution >= 4 is 0 Å². The minimum atomic E-state index is -0.0522. The molecule has 0 bridgehead atoms. The predicted molar refractivity (Wildman–Crippen MR) is 86.9 cm³/mol. The van der Waals surface area contributed by atoms with Crippen LogP contribution in [0.5, 0.6) is 0 Å². The Balaban J connectivity index is 1.77. The number of hydrogen-bond acceptors (Lipinski definition) is 1. The van der Waals surface area contributed by atoms with Crippen molar-refractivity contribution in [1.82, 2.24) is 0 Å². The largest absolute Gasteiger partial charge is 0.393 e. The van der Waals surface area contributed by atoms with Crippen molar-refractivity contribution in [1.29, 1.82) is 0 Å². The fourth-order valence-electron chi connectivity index (χ4n) is 6.98. The maximum absolute atomic E-state index is 10.3. The van der Waals surface area contributed by atoms with Crippen LogP contribution in [0.4, 0.5) is 0 Å². The third-order valence-corrected chi connectivity index (χ3v) is 8.36. The second kappa shape index (κ2) is 4.60. The first-order valence-corrected chi connectivity index (χ1v) is 9.38. The Morgan fingerprint density at radius 2 is 1.62 bits per heavy atom. The van der Waals surface area contributed by atoms with Gasteiger partial charge >= 0.3 is 0 Å². The molecule has 0 heterocycles. The summed E-state index contributed by atoms with van der Waals surface area (Å²) < 4.78 is 0. The lowest BCUT2D eigenvalue weighted by atomic mass is 9.49. The number of aliphatic hydroxyl groups excluding tert-OH is 1. The van der Waals surface area contributed by atoms with Gasteiger partial charge in [-0.2, -0.15) is 0 Å². The van der Waals surface area contributed by atoms with Crippen molar-refractivity contribution in [2.45, 2.75) is 84.7 Å². The molecule has 1 N–H and O–H groups in total. The molecule has 2 saturated carbocycles. The molecule has 0 aliphatic heterocycles. The van der Waals surface area contributed by atoms with Crippen LogP contribution in [0.15, 0.2) is 11.1 Å². The third kappa shape index (κ3) is 1.79. The van der Waals surface area contributed by atoms with E-state index in [1.54, 1.807) is 0 Å². The van der Waals surface area contributed by atoms with Crippen molar-refractivity contribution in [3.63, 3.8) is 0 Å². The summed E-state index contributed by atoms with van der Waals surface area (Å²) in [5.41, 5.74) is 4.70. The van der Waals surface area contributed by atoms with E-state index in [1.165, 1.54) is 51.4 Å². The lowest BCUT2D eigenvalue weighted by molar-refractivity contribution is -0.0320. The van der Waals surface area contributed by atoms with Crippen LogP contribution in [0.25, 0.3) is 0 Å². The lowest BCUT2D eigenvalue weighted by Crippen LogP contribution is -2.48. The molecule has 4 aliphatic carbocycles. The van der Waals surface area contributed by atoms with Gasteiger partial charge in [0.1, 0.15) is 0 Å². The van der Waals surface area contributed by atoms with Crippen molar-refractivity contribution in [3.8, 4) is 0 Å². The molecule has 1 heteroatoms. The van der Waals surface area contributed by atoms with Crippen LogP contribution in [0, 0.1) is 28.6 Å². The standard InChI is InChI=1S/C20H32O/c1-13-15-8-9-16-17(20(15,3)12-10-18(13)21)7-6-14-5-4-11-19(14,16)2/h13-15,18,21H,4-12H2,1-3H3. The van der Waals surface area contributed by atoms with E-state index >= 15 is 0 Å². The van der Waals surface area contributed by atoms with Crippen molar-refractivity contribution in [2.24, 2.45) is 28.6 Å². The van der Waals surface area contributed by atoms with E-state index in [0.717, 1.165) is 18.3 Å². The van der Waals surface area contributed by atoms with E-state index in [4.69, 9.17) is 0 Å². The molecule has 0 saturated heterocycles. The Morgan fingerprint density at radius 1 is 0.905 bits per heavy atom. The van der Waals surface area contributed by atoms with E-state index in [0.29, 0.717) is 16.7 Å². The van der Waals surface area contributed by atoms with Gasteiger partial charge in [0.25, 0.3) is 0 Å². The molecule has 6 atom stereocenters. The lowest BCUT2D eigenvalue weighted by Gasteiger charge is -2.56. The highest BCUT2D eigenvalue weighted by molar-refractivity contribution is 5.35. The van der Waals surface area contributed by atoms with Gasteiger partial charge in [0.05, 0.1) is 6.10 Å². The molecule has 118 valence electrons. The van der Waals surface area contributed by atoms with Gasteiger partial charge in [-0.3, -0.25) is 0 Å². The SMILES string of the molecule is CC1C(O)CCC2(C)C3=C(CCC12)C1(C)CCCC1CC3. The first kappa shape index (κ1) is 14.3. The number of fused-ring (bicyclic) bond motifs is 4. The molecule has 0 amide bonds. The summed E-state index contributed by atoms with van der Waals surface area (Å²) >= 11 is 0. The van der Waals surface area contributed by atoms with Gasteiger partial charge in [-0.05, 0) is 80.0 Å². The van der Waals surface area contributed by atoms with E-state index in [1.807, 2.05) is 11.1 Å². The van der Waals surface area contributed by atoms with Crippen LogP contribution in [-0.4, -0.2) is 11.2 Å². The molecule has 21 heavy (non-hydrogen) atoms. The molecular weight excluding hydrogens is 256 g/mol. The fourth-order valence-corrected chi connectivity index (χ4v) is 6.98. The highest BCUT2D eigenvalue weighted by Gasteiger charge is 2.54. The zero-order valence-electron chi connectivity index (χ0n) is 14.1. The Morgan fingerprint density at radius 3 is 2.43 bits per heavy atom. The minimum absolute atomic E-state index is 0.0522. The van der Waals surface area contributed by atoms with Crippen LogP contribution in [-0.2, 0) is 0 Å². The van der Waals surface area contributed by atoms with Gasteiger partial charge in [-0.1, -0.05) is 38.3 Å². The number of allylic oxidation sites excluding steroid dienone is 2. The van der Waals surface area contributed by atoms with Crippen molar-refractivity contribution in [2.75, 3.05) is 0 Å². The molecule has 0 aromatic carbocycles. The summed E-state index contributed by atoms with van der Waals surface area (Å²) in [6.45, 7) is 7.44. The summed E-state index contributed by atoms with van der Waals surface area (Å²) in [6.07, 6.45) is 12.0. The molecular formula is C20H32O. The fraction of sp³-hybridized carbons (Fsp3) is 0.900. The zero-order valence-corrected chi connectivity index (χ0v) is 14.1. The number of rotatable bonds is 0. The Bertz CT molecular complexity index is 478. The maximum Gasteiger partial charge on any atom is 0.0569 e. The molecule has 1 nitrogen and oxygen atoms in total. The van der Waals surface area contributed by atoms with Gasteiger partial charge in [-0.15, -0.1) is 0 Å². The van der Waals surface area contributed by atoms with Crippen LogP contribution in [0.3, 0.4) is 0 Å². The predicted octanol–water partition coefficient (Wildman–Crippen LogP) is 5.09. The quantitative estimate of drug-likeness (QED) is 0.616. The Labute approximate surface area is 130 Å². The number of hydrogen-bond donors (Lipinski definition) is 1. The molecule has 0 aromatic rings. The Kier molecular flexibility index (Phi) is 3.13. The van der Waals surface area contributed by atoms with Gasteiger partial charge < -0.3 is 5.11 Å². The van der Waals surface area contributed by atoms with E-state index < -0.39 is 0 Å². The van der Waals surface area contributed by atoms with Crippen molar-refractivity contribution in [3.05, 3.63) is 11.1 Å². The highest BCUT2D eigenvalue weighted by Crippen LogP contribution is 2.64. The summed E-state index contributed by atoms with van der Waals surface area (Å²) in [5, 5.41) is 10.3. The zero-order chi connectivity index (χ0) is 14.8. The van der Waals surface area contributed by atoms with Gasteiger partial charge in [0.2, 0.25) is 0 Å². The molecule has 0 aromatic heterocycles. The Hall–Kier alpha value is -0.300. The van der Waals surface area contributed by atoms with Crippen molar-refractivity contribution < 1.29 is 5.11 Å². The highest BCUT2D eigenvalue weighted by atomic mass is 16.3. The normalized spacial score (nSPS) is 53.1. The molecule has 0 radical (unpaired) electrons. The average Bonchev–Trinajstić information content (AvgIpc) is 2.85. The van der Waals surface area contributed by atoms with Gasteiger partial charge in [0, 0.05) is 0 Å². The van der Waals surface area contributed by atoms with E-state index in [-0.39, 0.29) is 6.10 Å². The van der Waals surface area contributed by atoms with Crippen LogP contribution >= 0.6 is 0 Å². The summed E-state index contributed by atoms with van der Waals surface area (Å²) in [6, 6.07) is 0. The molecule has 4 rings (SSSR count). The van der Waals surface area contributed by atoms with Gasteiger partial charge in [-0.25, -0.2) is 0 Å².